The van der Waals surface area contributed by atoms with E-state index in [1.165, 1.54) is 5.56 Å². The maximum absolute atomic E-state index is 10.2. The summed E-state index contributed by atoms with van der Waals surface area (Å²) >= 11 is 0. The van der Waals surface area contributed by atoms with Gasteiger partial charge in [0.2, 0.25) is 0 Å². The summed E-state index contributed by atoms with van der Waals surface area (Å²) in [6.07, 6.45) is 6.27. The summed E-state index contributed by atoms with van der Waals surface area (Å²) in [6, 6.07) is 8.25. The van der Waals surface area contributed by atoms with Gasteiger partial charge in [-0.2, -0.15) is 0 Å². The van der Waals surface area contributed by atoms with E-state index in [4.69, 9.17) is 0 Å². The van der Waals surface area contributed by atoms with E-state index in [9.17, 15) is 4.79 Å². The first-order valence-corrected chi connectivity index (χ1v) is 4.59. The smallest absolute Gasteiger partial charge is 0.143 e. The first-order chi connectivity index (χ1) is 6.72. The number of carbonyl (C=O) groups is 1. The maximum Gasteiger partial charge on any atom is 0.143 e. The zero-order valence-electron chi connectivity index (χ0n) is 8.53. The van der Waals surface area contributed by atoms with Crippen LogP contribution in [0, 0.1) is 6.92 Å². The van der Waals surface area contributed by atoms with E-state index in [1.807, 2.05) is 19.1 Å². The summed E-state index contributed by atoms with van der Waals surface area (Å²) in [6.45, 7) is 3.96. The lowest BCUT2D eigenvalue weighted by molar-refractivity contribution is -0.104. The summed E-state index contributed by atoms with van der Waals surface area (Å²) in [4.78, 5) is 10.2. The first kappa shape index (κ1) is 10.5. The molecule has 0 bridgehead atoms. The fraction of sp³-hybridized carbons (Fsp3) is 0.154. The van der Waals surface area contributed by atoms with Gasteiger partial charge in [-0.3, -0.25) is 4.79 Å². The maximum atomic E-state index is 10.2. The fourth-order valence-electron chi connectivity index (χ4n) is 1.07. The average molecular weight is 186 g/mol. The van der Waals surface area contributed by atoms with Gasteiger partial charge in [-0.1, -0.05) is 42.0 Å². The Balaban J connectivity index is 2.73. The number of hydrogen-bond donors (Lipinski definition) is 0. The fourth-order valence-corrected chi connectivity index (χ4v) is 1.07. The quantitative estimate of drug-likeness (QED) is 0.402. The number of aldehydes is 1. The van der Waals surface area contributed by atoms with Crippen molar-refractivity contribution in [3.8, 4) is 0 Å². The van der Waals surface area contributed by atoms with Crippen molar-refractivity contribution in [1.82, 2.24) is 0 Å². The molecule has 1 nitrogen and oxygen atoms in total. The highest BCUT2D eigenvalue weighted by molar-refractivity contribution is 5.68. The van der Waals surface area contributed by atoms with Crippen molar-refractivity contribution in [3.05, 3.63) is 53.1 Å². The molecule has 1 aromatic rings. The van der Waals surface area contributed by atoms with Crippen molar-refractivity contribution in [2.75, 3.05) is 0 Å². The summed E-state index contributed by atoms with van der Waals surface area (Å²) in [7, 11) is 0. The third kappa shape index (κ3) is 3.40. The van der Waals surface area contributed by atoms with Gasteiger partial charge in [-0.05, 0) is 31.1 Å². The zero-order chi connectivity index (χ0) is 10.4. The molecule has 0 aliphatic carbocycles. The molecule has 0 aromatic heterocycles. The van der Waals surface area contributed by atoms with Gasteiger partial charge in [0.25, 0.3) is 0 Å². The Morgan fingerprint density at radius 2 is 1.86 bits per heavy atom. The topological polar surface area (TPSA) is 17.1 Å². The van der Waals surface area contributed by atoms with Crippen LogP contribution in [0.15, 0.2) is 42.0 Å². The Bertz CT molecular complexity index is 355. The standard InChI is InChI=1S/C13H14O/c1-11-3-6-13(7-4-11)8-5-12(2)9-10-14/h3-10H,1-2H3/b8-5+,12-9-. The van der Waals surface area contributed by atoms with Crippen LogP contribution < -0.4 is 0 Å². The molecule has 14 heavy (non-hydrogen) atoms. The predicted molar refractivity (Wildman–Crippen MR) is 60.0 cm³/mol. The Morgan fingerprint density at radius 3 is 2.43 bits per heavy atom. The van der Waals surface area contributed by atoms with E-state index in [1.54, 1.807) is 6.08 Å². The van der Waals surface area contributed by atoms with E-state index in [2.05, 4.69) is 31.2 Å². The molecule has 0 saturated carbocycles. The van der Waals surface area contributed by atoms with E-state index in [-0.39, 0.29) is 0 Å². The van der Waals surface area contributed by atoms with Crippen molar-refractivity contribution in [3.63, 3.8) is 0 Å². The van der Waals surface area contributed by atoms with Crippen LogP contribution in [0.1, 0.15) is 18.1 Å². The van der Waals surface area contributed by atoms with Gasteiger partial charge in [0.15, 0.2) is 0 Å². The van der Waals surface area contributed by atoms with Crippen LogP contribution in [-0.2, 0) is 4.79 Å². The van der Waals surface area contributed by atoms with Gasteiger partial charge in [-0.15, -0.1) is 0 Å². The lowest BCUT2D eigenvalue weighted by Crippen LogP contribution is -1.74. The van der Waals surface area contributed by atoms with E-state index < -0.39 is 0 Å². The Labute approximate surface area is 84.8 Å². The summed E-state index contributed by atoms with van der Waals surface area (Å²) < 4.78 is 0. The highest BCUT2D eigenvalue weighted by Gasteiger charge is 1.86. The molecule has 0 heterocycles. The highest BCUT2D eigenvalue weighted by Crippen LogP contribution is 2.06. The van der Waals surface area contributed by atoms with Gasteiger partial charge >= 0.3 is 0 Å². The van der Waals surface area contributed by atoms with Gasteiger partial charge in [0.05, 0.1) is 0 Å². The Morgan fingerprint density at radius 1 is 1.21 bits per heavy atom. The van der Waals surface area contributed by atoms with Crippen molar-refractivity contribution in [2.24, 2.45) is 0 Å². The van der Waals surface area contributed by atoms with Gasteiger partial charge in [0, 0.05) is 0 Å². The molecule has 0 radical (unpaired) electrons. The molecule has 0 unspecified atom stereocenters. The molecule has 0 aliphatic heterocycles. The third-order valence-corrected chi connectivity index (χ3v) is 1.95. The number of benzene rings is 1. The van der Waals surface area contributed by atoms with Crippen LogP contribution in [0.4, 0.5) is 0 Å². The number of allylic oxidation sites excluding steroid dienone is 3. The third-order valence-electron chi connectivity index (χ3n) is 1.95. The monoisotopic (exact) mass is 186 g/mol. The number of aryl methyl sites for hydroxylation is 1. The average Bonchev–Trinajstić information content (AvgIpc) is 2.17. The van der Waals surface area contributed by atoms with Crippen LogP contribution in [0.25, 0.3) is 6.08 Å². The van der Waals surface area contributed by atoms with Crippen LogP contribution in [0.2, 0.25) is 0 Å². The minimum Gasteiger partial charge on any atom is -0.299 e. The molecule has 0 N–H and O–H groups in total. The summed E-state index contributed by atoms with van der Waals surface area (Å²) in [5.41, 5.74) is 3.36. The lowest BCUT2D eigenvalue weighted by Gasteiger charge is -1.94. The van der Waals surface area contributed by atoms with Crippen molar-refractivity contribution >= 4 is 12.4 Å². The minimum atomic E-state index is 0.800. The number of rotatable bonds is 3. The normalized spacial score (nSPS) is 12.0. The minimum absolute atomic E-state index is 0.800. The van der Waals surface area contributed by atoms with Gasteiger partial charge in [0.1, 0.15) is 6.29 Å². The Kier molecular flexibility index (Phi) is 3.86. The summed E-state index contributed by atoms with van der Waals surface area (Å²) in [5.74, 6) is 0. The molecule has 0 aliphatic rings. The van der Waals surface area contributed by atoms with Crippen molar-refractivity contribution < 1.29 is 4.79 Å². The van der Waals surface area contributed by atoms with Crippen molar-refractivity contribution in [2.45, 2.75) is 13.8 Å². The molecule has 1 heteroatoms. The molecule has 72 valence electrons. The molecular weight excluding hydrogens is 172 g/mol. The molecule has 0 fully saturated rings. The first-order valence-electron chi connectivity index (χ1n) is 4.59. The van der Waals surface area contributed by atoms with Crippen LogP contribution in [-0.4, -0.2) is 6.29 Å². The van der Waals surface area contributed by atoms with Gasteiger partial charge < -0.3 is 0 Å². The van der Waals surface area contributed by atoms with Crippen LogP contribution in [0.3, 0.4) is 0 Å². The van der Waals surface area contributed by atoms with Crippen LogP contribution >= 0.6 is 0 Å². The second kappa shape index (κ2) is 5.18. The molecule has 0 saturated heterocycles. The lowest BCUT2D eigenvalue weighted by atomic mass is 10.1. The van der Waals surface area contributed by atoms with E-state index in [0.29, 0.717) is 0 Å². The number of hydrogen-bond acceptors (Lipinski definition) is 1. The predicted octanol–water partition coefficient (Wildman–Crippen LogP) is 3.15. The molecular formula is C13H14O. The SMILES string of the molecule is CC(=C/C=O)/C=C/c1ccc(C)cc1. The second-order valence-electron chi connectivity index (χ2n) is 3.29. The molecule has 1 aromatic carbocycles. The van der Waals surface area contributed by atoms with Crippen LogP contribution in [0.5, 0.6) is 0 Å². The van der Waals surface area contributed by atoms with Crippen molar-refractivity contribution in [1.29, 1.82) is 0 Å². The van der Waals surface area contributed by atoms with E-state index in [0.717, 1.165) is 17.4 Å². The number of carbonyl (C=O) groups excluding carboxylic acids is 1. The molecule has 0 atom stereocenters. The largest absolute Gasteiger partial charge is 0.299 e. The molecule has 0 spiro atoms. The zero-order valence-corrected chi connectivity index (χ0v) is 8.53. The second-order valence-corrected chi connectivity index (χ2v) is 3.29. The molecule has 1 rings (SSSR count). The van der Waals surface area contributed by atoms with E-state index >= 15 is 0 Å². The highest BCUT2D eigenvalue weighted by atomic mass is 16.1. The molecule has 0 amide bonds. The Hall–Kier alpha value is -1.63. The van der Waals surface area contributed by atoms with Gasteiger partial charge in [-0.25, -0.2) is 0 Å². The summed E-state index contributed by atoms with van der Waals surface area (Å²) in [5, 5.41) is 0.